The van der Waals surface area contributed by atoms with E-state index < -0.39 is 5.60 Å². The van der Waals surface area contributed by atoms with E-state index in [0.29, 0.717) is 24.7 Å². The van der Waals surface area contributed by atoms with Crippen LogP contribution in [0.3, 0.4) is 0 Å². The third-order valence-electron chi connectivity index (χ3n) is 8.01. The van der Waals surface area contributed by atoms with Gasteiger partial charge in [0.15, 0.2) is 5.65 Å². The number of ether oxygens (including phenoxy) is 2. The standard InChI is InChI=1S/C30H36N6O5/c1-30(2,3)41-29(39)36-21-9-10-22(36)19-32(18-21)24-6-5-14-33-25(16-31-27(24)33)34-15-13-26(37)35(28(34)38)17-20-7-11-23(40-4)12-8-20/h5-8,11-12,14,16,21-22H,9-10,13,15,17-19H2,1-4H3. The number of carbonyl (C=O) groups excluding carboxylic acids is 3. The second-order valence-electron chi connectivity index (χ2n) is 11.9. The molecule has 216 valence electrons. The molecule has 3 aromatic rings. The molecule has 6 rings (SSSR count). The van der Waals surface area contributed by atoms with Gasteiger partial charge in [-0.05, 0) is 63.4 Å². The van der Waals surface area contributed by atoms with Crippen LogP contribution in [0.2, 0.25) is 0 Å². The number of hydrogen-bond acceptors (Lipinski definition) is 7. The van der Waals surface area contributed by atoms with Gasteiger partial charge in [-0.1, -0.05) is 12.1 Å². The average Bonchev–Trinajstić information content (AvgIpc) is 3.48. The van der Waals surface area contributed by atoms with Crippen molar-refractivity contribution in [3.05, 3.63) is 54.4 Å². The molecule has 0 N–H and O–H groups in total. The van der Waals surface area contributed by atoms with E-state index in [1.54, 1.807) is 18.2 Å². The number of carbonyl (C=O) groups is 3. The molecule has 0 radical (unpaired) electrons. The molecular formula is C30H36N6O5. The lowest BCUT2D eigenvalue weighted by Crippen LogP contribution is -2.56. The monoisotopic (exact) mass is 560 g/mol. The Morgan fingerprint density at radius 2 is 1.76 bits per heavy atom. The molecule has 3 aliphatic rings. The van der Waals surface area contributed by atoms with Crippen LogP contribution in [0, 0.1) is 0 Å². The second kappa shape index (κ2) is 10.3. The maximum Gasteiger partial charge on any atom is 0.410 e. The normalized spacial score (nSPS) is 21.2. The second-order valence-corrected chi connectivity index (χ2v) is 11.9. The summed E-state index contributed by atoms with van der Waals surface area (Å²) in [5.41, 5.74) is 2.00. The van der Waals surface area contributed by atoms with Crippen LogP contribution in [-0.2, 0) is 16.1 Å². The van der Waals surface area contributed by atoms with Gasteiger partial charge in [-0.3, -0.25) is 23.9 Å². The number of rotatable bonds is 5. The maximum absolute atomic E-state index is 13.6. The van der Waals surface area contributed by atoms with E-state index in [2.05, 4.69) is 4.90 Å². The summed E-state index contributed by atoms with van der Waals surface area (Å²) in [5.74, 6) is 1.14. The third-order valence-corrected chi connectivity index (χ3v) is 8.01. The van der Waals surface area contributed by atoms with E-state index in [1.165, 1.54) is 4.90 Å². The minimum absolute atomic E-state index is 0.0690. The number of nitrogens with zero attached hydrogens (tertiary/aromatic N) is 6. The zero-order valence-electron chi connectivity index (χ0n) is 23.9. The molecule has 11 nitrogen and oxygen atoms in total. The van der Waals surface area contributed by atoms with Crippen LogP contribution in [0.15, 0.2) is 48.8 Å². The van der Waals surface area contributed by atoms with Crippen molar-refractivity contribution in [2.75, 3.05) is 36.5 Å². The smallest absolute Gasteiger partial charge is 0.410 e. The highest BCUT2D eigenvalue weighted by Gasteiger charge is 2.45. The number of hydrogen-bond donors (Lipinski definition) is 0. The number of imidazole rings is 1. The number of benzene rings is 1. The van der Waals surface area contributed by atoms with Crippen LogP contribution in [0.5, 0.6) is 5.75 Å². The predicted molar refractivity (Wildman–Crippen MR) is 153 cm³/mol. The average molecular weight is 561 g/mol. The molecule has 0 aliphatic carbocycles. The summed E-state index contributed by atoms with van der Waals surface area (Å²) in [6.45, 7) is 7.51. The molecule has 11 heteroatoms. The van der Waals surface area contributed by atoms with Gasteiger partial charge in [0.05, 0.1) is 37.6 Å². The number of urea groups is 1. The Kier molecular flexibility index (Phi) is 6.75. The zero-order valence-corrected chi connectivity index (χ0v) is 23.9. The molecule has 2 bridgehead atoms. The largest absolute Gasteiger partial charge is 0.497 e. The topological polar surface area (TPSA) is 99.9 Å². The summed E-state index contributed by atoms with van der Waals surface area (Å²) >= 11 is 0. The Balaban J connectivity index is 1.22. The van der Waals surface area contributed by atoms with Gasteiger partial charge in [0.1, 0.15) is 17.2 Å². The minimum atomic E-state index is -0.535. The van der Waals surface area contributed by atoms with Crippen LogP contribution >= 0.6 is 0 Å². The third kappa shape index (κ3) is 5.05. The summed E-state index contributed by atoms with van der Waals surface area (Å²) in [6.07, 6.45) is 5.44. The Hall–Kier alpha value is -4.28. The molecule has 4 amide bonds. The first-order valence-electron chi connectivity index (χ1n) is 14.1. The van der Waals surface area contributed by atoms with Crippen molar-refractivity contribution in [1.82, 2.24) is 19.2 Å². The summed E-state index contributed by atoms with van der Waals surface area (Å²) in [5, 5.41) is 0. The minimum Gasteiger partial charge on any atom is -0.497 e. The predicted octanol–water partition coefficient (Wildman–Crippen LogP) is 4.29. The highest BCUT2D eigenvalue weighted by Crippen LogP contribution is 2.36. The summed E-state index contributed by atoms with van der Waals surface area (Å²) in [7, 11) is 1.60. The summed E-state index contributed by atoms with van der Waals surface area (Å²) in [4.78, 5) is 51.1. The van der Waals surface area contributed by atoms with Crippen molar-refractivity contribution < 1.29 is 23.9 Å². The number of imide groups is 1. The SMILES string of the molecule is COc1ccc(CN2C(=O)CCN(c3cnc4c(N5CC6CCC(C5)N6C(=O)OC(C)(C)C)cccn34)C2=O)cc1. The lowest BCUT2D eigenvalue weighted by atomic mass is 10.1. The van der Waals surface area contributed by atoms with Gasteiger partial charge in [0.2, 0.25) is 5.91 Å². The quantitative estimate of drug-likeness (QED) is 0.459. The first kappa shape index (κ1) is 26.9. The Morgan fingerprint density at radius 3 is 2.41 bits per heavy atom. The fraction of sp³-hybridized carbons (Fsp3) is 0.467. The molecule has 0 saturated carbocycles. The lowest BCUT2D eigenvalue weighted by molar-refractivity contribution is -0.129. The number of amides is 4. The van der Waals surface area contributed by atoms with E-state index >= 15 is 0 Å². The molecular weight excluding hydrogens is 524 g/mol. The van der Waals surface area contributed by atoms with Gasteiger partial charge in [-0.25, -0.2) is 14.6 Å². The van der Waals surface area contributed by atoms with Crippen molar-refractivity contribution in [3.8, 4) is 5.75 Å². The molecule has 2 aromatic heterocycles. The van der Waals surface area contributed by atoms with E-state index in [9.17, 15) is 14.4 Å². The van der Waals surface area contributed by atoms with Crippen molar-refractivity contribution in [2.45, 2.75) is 64.3 Å². The van der Waals surface area contributed by atoms with Gasteiger partial charge in [0.25, 0.3) is 0 Å². The summed E-state index contributed by atoms with van der Waals surface area (Å²) < 4.78 is 12.8. The van der Waals surface area contributed by atoms with Crippen molar-refractivity contribution in [1.29, 1.82) is 0 Å². The molecule has 2 unspecified atom stereocenters. The molecule has 1 aromatic carbocycles. The highest BCUT2D eigenvalue weighted by molar-refractivity contribution is 6.05. The van der Waals surface area contributed by atoms with Crippen LogP contribution < -0.4 is 14.5 Å². The van der Waals surface area contributed by atoms with Crippen molar-refractivity contribution in [3.63, 3.8) is 0 Å². The molecule has 2 atom stereocenters. The molecule has 5 heterocycles. The molecule has 0 spiro atoms. The lowest BCUT2D eigenvalue weighted by Gasteiger charge is -2.42. The Labute approximate surface area is 239 Å². The number of anilines is 2. The van der Waals surface area contributed by atoms with Gasteiger partial charge in [-0.15, -0.1) is 0 Å². The highest BCUT2D eigenvalue weighted by atomic mass is 16.6. The maximum atomic E-state index is 13.6. The molecule has 41 heavy (non-hydrogen) atoms. The van der Waals surface area contributed by atoms with Crippen LogP contribution in [0.25, 0.3) is 5.65 Å². The van der Waals surface area contributed by atoms with Crippen LogP contribution in [0.4, 0.5) is 21.1 Å². The fourth-order valence-corrected chi connectivity index (χ4v) is 6.11. The van der Waals surface area contributed by atoms with Crippen LogP contribution in [0.1, 0.15) is 45.6 Å². The van der Waals surface area contributed by atoms with Gasteiger partial charge in [0, 0.05) is 32.3 Å². The number of piperazine rings is 1. The number of methoxy groups -OCH3 is 1. The van der Waals surface area contributed by atoms with Gasteiger partial charge < -0.3 is 14.4 Å². The first-order chi connectivity index (χ1) is 19.6. The Bertz CT molecular complexity index is 1460. The first-order valence-corrected chi connectivity index (χ1v) is 14.1. The van der Waals surface area contributed by atoms with Gasteiger partial charge >= 0.3 is 12.1 Å². The molecule has 3 saturated heterocycles. The van der Waals surface area contributed by atoms with Crippen molar-refractivity contribution in [2.24, 2.45) is 0 Å². The van der Waals surface area contributed by atoms with E-state index in [1.807, 2.05) is 72.7 Å². The zero-order chi connectivity index (χ0) is 28.9. The van der Waals surface area contributed by atoms with E-state index in [4.69, 9.17) is 14.5 Å². The summed E-state index contributed by atoms with van der Waals surface area (Å²) in [6, 6.07) is 11.1. The van der Waals surface area contributed by atoms with E-state index in [-0.39, 0.29) is 49.6 Å². The number of fused-ring (bicyclic) bond motifs is 3. The van der Waals surface area contributed by atoms with Crippen LogP contribution in [-0.4, -0.2) is 81.6 Å². The fourth-order valence-electron chi connectivity index (χ4n) is 6.11. The van der Waals surface area contributed by atoms with Gasteiger partial charge in [-0.2, -0.15) is 0 Å². The molecule has 3 aliphatic heterocycles. The van der Waals surface area contributed by atoms with Crippen molar-refractivity contribution >= 4 is 35.2 Å². The Morgan fingerprint density at radius 1 is 1.05 bits per heavy atom. The molecule has 3 fully saturated rings. The number of pyridine rings is 1. The number of aromatic nitrogens is 2. The van der Waals surface area contributed by atoms with E-state index in [0.717, 1.165) is 29.7 Å².